The number of nitrogens with zero attached hydrogens (tertiary/aromatic N) is 2. The maximum absolute atomic E-state index is 11.2. The van der Waals surface area contributed by atoms with E-state index in [1.165, 1.54) is 0 Å². The van der Waals surface area contributed by atoms with Gasteiger partial charge in [-0.25, -0.2) is 4.79 Å². The first-order valence-corrected chi connectivity index (χ1v) is 5.70. The van der Waals surface area contributed by atoms with Crippen LogP contribution in [0.25, 0.3) is 10.9 Å². The van der Waals surface area contributed by atoms with Gasteiger partial charge in [-0.2, -0.15) is 5.10 Å². The number of aromatic nitrogens is 2. The number of para-hydroxylation sites is 1. The maximum Gasteiger partial charge on any atom is 0.326 e. The van der Waals surface area contributed by atoms with Crippen molar-refractivity contribution in [2.75, 3.05) is 11.4 Å². The lowest BCUT2D eigenvalue weighted by Gasteiger charge is -2.21. The van der Waals surface area contributed by atoms with Crippen molar-refractivity contribution in [1.29, 1.82) is 0 Å². The van der Waals surface area contributed by atoms with Gasteiger partial charge in [0.2, 0.25) is 0 Å². The van der Waals surface area contributed by atoms with Crippen molar-refractivity contribution in [3.63, 3.8) is 0 Å². The largest absolute Gasteiger partial charge is 0.480 e. The van der Waals surface area contributed by atoms with E-state index in [9.17, 15) is 9.90 Å². The first-order chi connectivity index (χ1) is 8.27. The van der Waals surface area contributed by atoms with Gasteiger partial charge in [0.15, 0.2) is 5.82 Å². The molecular weight excluding hydrogens is 218 g/mol. The number of carbonyl (C=O) groups is 1. The fourth-order valence-corrected chi connectivity index (χ4v) is 2.44. The highest BCUT2D eigenvalue weighted by Crippen LogP contribution is 2.29. The SMILES string of the molecule is O=C(O)[C@@H]1CCCN1c1n[nH]c2ccccc12. The summed E-state index contributed by atoms with van der Waals surface area (Å²) in [4.78, 5) is 13.0. The van der Waals surface area contributed by atoms with Crippen LogP contribution in [0.1, 0.15) is 12.8 Å². The number of H-pyrrole nitrogens is 1. The number of aromatic amines is 1. The molecule has 0 spiro atoms. The summed E-state index contributed by atoms with van der Waals surface area (Å²) in [6.45, 7) is 0.756. The molecule has 3 rings (SSSR count). The molecule has 17 heavy (non-hydrogen) atoms. The summed E-state index contributed by atoms with van der Waals surface area (Å²) in [6.07, 6.45) is 1.59. The predicted molar refractivity (Wildman–Crippen MR) is 64.1 cm³/mol. The molecule has 1 aliphatic heterocycles. The lowest BCUT2D eigenvalue weighted by Crippen LogP contribution is -2.36. The van der Waals surface area contributed by atoms with Crippen LogP contribution in [0.2, 0.25) is 0 Å². The van der Waals surface area contributed by atoms with E-state index >= 15 is 0 Å². The van der Waals surface area contributed by atoms with Gasteiger partial charge < -0.3 is 10.0 Å². The molecule has 5 nitrogen and oxygen atoms in total. The molecule has 1 fully saturated rings. The molecule has 1 aliphatic rings. The zero-order valence-electron chi connectivity index (χ0n) is 9.26. The van der Waals surface area contributed by atoms with E-state index in [2.05, 4.69) is 10.2 Å². The van der Waals surface area contributed by atoms with Crippen molar-refractivity contribution < 1.29 is 9.90 Å². The van der Waals surface area contributed by atoms with Gasteiger partial charge in [0, 0.05) is 11.9 Å². The van der Waals surface area contributed by atoms with Gasteiger partial charge in [-0.15, -0.1) is 0 Å². The second-order valence-electron chi connectivity index (χ2n) is 4.28. The van der Waals surface area contributed by atoms with Crippen LogP contribution < -0.4 is 4.90 Å². The van der Waals surface area contributed by atoms with E-state index in [1.807, 2.05) is 29.2 Å². The molecule has 2 heterocycles. The lowest BCUT2D eigenvalue weighted by molar-refractivity contribution is -0.138. The number of carboxylic acid groups (broad SMARTS) is 1. The Labute approximate surface area is 98.0 Å². The summed E-state index contributed by atoms with van der Waals surface area (Å²) >= 11 is 0. The molecule has 0 radical (unpaired) electrons. The summed E-state index contributed by atoms with van der Waals surface area (Å²) in [5, 5.41) is 17.3. The molecule has 2 N–H and O–H groups in total. The van der Waals surface area contributed by atoms with Crippen molar-refractivity contribution in [3.8, 4) is 0 Å². The third kappa shape index (κ3) is 1.54. The monoisotopic (exact) mass is 231 g/mol. The van der Waals surface area contributed by atoms with Crippen molar-refractivity contribution in [2.45, 2.75) is 18.9 Å². The van der Waals surface area contributed by atoms with Crippen LogP contribution in [-0.2, 0) is 4.79 Å². The van der Waals surface area contributed by atoms with Crippen LogP contribution in [-0.4, -0.2) is 33.9 Å². The number of anilines is 1. The molecule has 2 aromatic rings. The number of hydrogen-bond acceptors (Lipinski definition) is 3. The second-order valence-corrected chi connectivity index (χ2v) is 4.28. The van der Waals surface area contributed by atoms with Gasteiger partial charge in [-0.3, -0.25) is 5.10 Å². The molecule has 1 saturated heterocycles. The number of carboxylic acids is 1. The third-order valence-corrected chi connectivity index (χ3v) is 3.26. The predicted octanol–water partition coefficient (Wildman–Crippen LogP) is 1.62. The maximum atomic E-state index is 11.2. The average Bonchev–Trinajstić information content (AvgIpc) is 2.94. The Morgan fingerprint density at radius 1 is 1.47 bits per heavy atom. The fraction of sp³-hybridized carbons (Fsp3) is 0.333. The highest BCUT2D eigenvalue weighted by Gasteiger charge is 2.32. The fourth-order valence-electron chi connectivity index (χ4n) is 2.44. The molecule has 1 aromatic carbocycles. The number of benzene rings is 1. The third-order valence-electron chi connectivity index (χ3n) is 3.26. The Hall–Kier alpha value is -2.04. The topological polar surface area (TPSA) is 69.2 Å². The van der Waals surface area contributed by atoms with E-state index in [-0.39, 0.29) is 0 Å². The smallest absolute Gasteiger partial charge is 0.326 e. The minimum Gasteiger partial charge on any atom is -0.480 e. The van der Waals surface area contributed by atoms with Crippen LogP contribution in [0, 0.1) is 0 Å². The highest BCUT2D eigenvalue weighted by atomic mass is 16.4. The van der Waals surface area contributed by atoms with E-state index < -0.39 is 12.0 Å². The van der Waals surface area contributed by atoms with Gasteiger partial charge in [-0.05, 0) is 25.0 Å². The van der Waals surface area contributed by atoms with Gasteiger partial charge in [0.25, 0.3) is 0 Å². The zero-order chi connectivity index (χ0) is 11.8. The summed E-state index contributed by atoms with van der Waals surface area (Å²) in [5.74, 6) is -0.0138. The molecule has 0 unspecified atom stereocenters. The Bertz CT molecular complexity index is 564. The Morgan fingerprint density at radius 2 is 2.29 bits per heavy atom. The zero-order valence-corrected chi connectivity index (χ0v) is 9.26. The molecule has 0 amide bonds. The van der Waals surface area contributed by atoms with Gasteiger partial charge >= 0.3 is 5.97 Å². The molecule has 0 bridgehead atoms. The number of aliphatic carboxylic acids is 1. The van der Waals surface area contributed by atoms with Gasteiger partial charge in [-0.1, -0.05) is 12.1 Å². The summed E-state index contributed by atoms with van der Waals surface area (Å²) < 4.78 is 0. The van der Waals surface area contributed by atoms with Crippen molar-refractivity contribution in [2.24, 2.45) is 0 Å². The van der Waals surface area contributed by atoms with Crippen molar-refractivity contribution >= 4 is 22.7 Å². The minimum absolute atomic E-state index is 0.443. The molecule has 5 heteroatoms. The van der Waals surface area contributed by atoms with E-state index in [4.69, 9.17) is 0 Å². The summed E-state index contributed by atoms with van der Waals surface area (Å²) in [7, 11) is 0. The molecule has 1 atom stereocenters. The normalized spacial score (nSPS) is 20.0. The van der Waals surface area contributed by atoms with Crippen LogP contribution >= 0.6 is 0 Å². The number of nitrogens with one attached hydrogen (secondary N) is 1. The van der Waals surface area contributed by atoms with Crippen LogP contribution in [0.4, 0.5) is 5.82 Å². The number of rotatable bonds is 2. The summed E-state index contributed by atoms with van der Waals surface area (Å²) in [6, 6.07) is 7.33. The second kappa shape index (κ2) is 3.76. The van der Waals surface area contributed by atoms with Crippen molar-refractivity contribution in [3.05, 3.63) is 24.3 Å². The summed E-state index contributed by atoms with van der Waals surface area (Å²) in [5.41, 5.74) is 0.943. The lowest BCUT2D eigenvalue weighted by atomic mass is 10.2. The highest BCUT2D eigenvalue weighted by molar-refractivity contribution is 5.92. The Morgan fingerprint density at radius 3 is 3.12 bits per heavy atom. The first-order valence-electron chi connectivity index (χ1n) is 5.70. The van der Waals surface area contributed by atoms with Crippen molar-refractivity contribution in [1.82, 2.24) is 10.2 Å². The van der Waals surface area contributed by atoms with E-state index in [1.54, 1.807) is 0 Å². The Kier molecular flexibility index (Phi) is 2.24. The Balaban J connectivity index is 2.06. The van der Waals surface area contributed by atoms with E-state index in [0.717, 1.165) is 29.7 Å². The van der Waals surface area contributed by atoms with Crippen LogP contribution in [0.3, 0.4) is 0 Å². The molecule has 0 saturated carbocycles. The number of fused-ring (bicyclic) bond motifs is 1. The molecule has 88 valence electrons. The molecule has 0 aliphatic carbocycles. The van der Waals surface area contributed by atoms with Gasteiger partial charge in [0.05, 0.1) is 5.52 Å². The quantitative estimate of drug-likeness (QED) is 0.824. The minimum atomic E-state index is -0.769. The molecule has 1 aromatic heterocycles. The average molecular weight is 231 g/mol. The van der Waals surface area contributed by atoms with Crippen LogP contribution in [0.15, 0.2) is 24.3 Å². The van der Waals surface area contributed by atoms with Gasteiger partial charge in [0.1, 0.15) is 6.04 Å². The number of hydrogen-bond donors (Lipinski definition) is 2. The first kappa shape index (κ1) is 10.1. The molecular formula is C12H13N3O2. The van der Waals surface area contributed by atoms with Crippen LogP contribution in [0.5, 0.6) is 0 Å². The van der Waals surface area contributed by atoms with E-state index in [0.29, 0.717) is 6.42 Å². The standard InChI is InChI=1S/C12H13N3O2/c16-12(17)10-6-3-7-15(10)11-8-4-1-2-5-9(8)13-14-11/h1-2,4-5,10H,3,6-7H2,(H,13,14)(H,16,17)/t10-/m0/s1.